The van der Waals surface area contributed by atoms with Crippen molar-refractivity contribution in [3.8, 4) is 0 Å². The number of hydrogen-bond donors (Lipinski definition) is 1. The number of thioether (sulfide) groups is 1. The van der Waals surface area contributed by atoms with Gasteiger partial charge in [-0.3, -0.25) is 4.72 Å². The zero-order valence-electron chi connectivity index (χ0n) is 14.6. The average Bonchev–Trinajstić information content (AvgIpc) is 2.92. The minimum absolute atomic E-state index is 0.322. The highest BCUT2D eigenvalue weighted by molar-refractivity contribution is 8.01. The lowest BCUT2D eigenvalue weighted by molar-refractivity contribution is 0.600. The molecule has 3 aromatic rings. The topological polar surface area (TPSA) is 59.1 Å². The van der Waals surface area contributed by atoms with E-state index in [4.69, 9.17) is 0 Å². The number of hydrogen-bond acceptors (Lipinski definition) is 5. The van der Waals surface area contributed by atoms with Crippen LogP contribution in [0.25, 0.3) is 10.2 Å². The van der Waals surface area contributed by atoms with Crippen molar-refractivity contribution >= 4 is 49.0 Å². The number of benzene rings is 2. The molecule has 4 nitrogen and oxygen atoms in total. The summed E-state index contributed by atoms with van der Waals surface area (Å²) in [5.74, 6) is 0.964. The molecule has 0 spiro atoms. The monoisotopic (exact) mass is 392 g/mol. The minimum Gasteiger partial charge on any atom is -0.280 e. The first kappa shape index (κ1) is 18.2. The number of aromatic nitrogens is 1. The van der Waals surface area contributed by atoms with Gasteiger partial charge in [-0.15, -0.1) is 11.3 Å². The standard InChI is InChI=1S/C18H20N2O2S3/c1-5-23-18-19-15-7-6-14(10-16(15)24-18)20-25(21,22)17-9-12(3)11(2)8-13(17)4/h6-10,20H,5H2,1-4H3. The number of sulfonamides is 1. The number of nitrogens with one attached hydrogen (secondary N) is 1. The van der Waals surface area contributed by atoms with Crippen LogP contribution in [0.5, 0.6) is 0 Å². The van der Waals surface area contributed by atoms with Crippen LogP contribution in [0.2, 0.25) is 0 Å². The third-order valence-electron chi connectivity index (χ3n) is 3.97. The Balaban J connectivity index is 1.95. The molecule has 0 atom stereocenters. The van der Waals surface area contributed by atoms with Gasteiger partial charge in [0.1, 0.15) is 0 Å². The van der Waals surface area contributed by atoms with E-state index in [0.29, 0.717) is 10.6 Å². The van der Waals surface area contributed by atoms with Gasteiger partial charge in [0.15, 0.2) is 4.34 Å². The van der Waals surface area contributed by atoms with Crippen molar-refractivity contribution in [1.82, 2.24) is 4.98 Å². The minimum atomic E-state index is -3.63. The summed E-state index contributed by atoms with van der Waals surface area (Å²) in [5.41, 5.74) is 4.25. The van der Waals surface area contributed by atoms with E-state index < -0.39 is 10.0 Å². The molecule has 0 saturated heterocycles. The number of rotatable bonds is 5. The summed E-state index contributed by atoms with van der Waals surface area (Å²) in [5, 5.41) is 0. The lowest BCUT2D eigenvalue weighted by Gasteiger charge is -2.12. The summed E-state index contributed by atoms with van der Waals surface area (Å²) in [4.78, 5) is 4.86. The second-order valence-electron chi connectivity index (χ2n) is 5.90. The molecular weight excluding hydrogens is 372 g/mol. The summed E-state index contributed by atoms with van der Waals surface area (Å²) in [6.07, 6.45) is 0. The molecule has 0 aliphatic heterocycles. The van der Waals surface area contributed by atoms with Crippen molar-refractivity contribution in [3.63, 3.8) is 0 Å². The zero-order chi connectivity index (χ0) is 18.2. The highest BCUT2D eigenvalue weighted by Gasteiger charge is 2.18. The van der Waals surface area contributed by atoms with Crippen LogP contribution in [0.3, 0.4) is 0 Å². The van der Waals surface area contributed by atoms with Crippen LogP contribution in [-0.4, -0.2) is 19.2 Å². The highest BCUT2D eigenvalue weighted by atomic mass is 32.2. The molecule has 0 saturated carbocycles. The normalized spacial score (nSPS) is 11.8. The molecule has 132 valence electrons. The second-order valence-corrected chi connectivity index (χ2v) is 10.1. The van der Waals surface area contributed by atoms with E-state index in [-0.39, 0.29) is 0 Å². The van der Waals surface area contributed by atoms with Crippen LogP contribution in [0.4, 0.5) is 5.69 Å². The fourth-order valence-corrected chi connectivity index (χ4v) is 5.95. The van der Waals surface area contributed by atoms with Crippen molar-refractivity contribution < 1.29 is 8.42 Å². The van der Waals surface area contributed by atoms with Crippen LogP contribution >= 0.6 is 23.1 Å². The van der Waals surface area contributed by atoms with Crippen LogP contribution in [-0.2, 0) is 10.0 Å². The number of fused-ring (bicyclic) bond motifs is 1. The number of nitrogens with zero attached hydrogens (tertiary/aromatic N) is 1. The van der Waals surface area contributed by atoms with Gasteiger partial charge in [0, 0.05) is 0 Å². The SMILES string of the molecule is CCSc1nc2ccc(NS(=O)(=O)c3cc(C)c(C)cc3C)cc2s1. The van der Waals surface area contributed by atoms with Crippen LogP contribution < -0.4 is 4.72 Å². The molecule has 0 bridgehead atoms. The van der Waals surface area contributed by atoms with E-state index in [2.05, 4.69) is 16.6 Å². The van der Waals surface area contributed by atoms with Crippen LogP contribution in [0.1, 0.15) is 23.6 Å². The van der Waals surface area contributed by atoms with E-state index >= 15 is 0 Å². The maximum atomic E-state index is 12.8. The Kier molecular flexibility index (Phi) is 5.09. The summed E-state index contributed by atoms with van der Waals surface area (Å²) in [6.45, 7) is 7.81. The number of anilines is 1. The van der Waals surface area contributed by atoms with Gasteiger partial charge >= 0.3 is 0 Å². The first-order valence-electron chi connectivity index (χ1n) is 7.94. The van der Waals surface area contributed by atoms with E-state index in [1.165, 1.54) is 0 Å². The Morgan fingerprint density at radius 3 is 2.52 bits per heavy atom. The number of thiazole rings is 1. The third-order valence-corrected chi connectivity index (χ3v) is 7.54. The van der Waals surface area contributed by atoms with Crippen molar-refractivity contribution in [2.45, 2.75) is 36.9 Å². The van der Waals surface area contributed by atoms with Gasteiger partial charge in [-0.2, -0.15) is 0 Å². The zero-order valence-corrected chi connectivity index (χ0v) is 17.0. The largest absolute Gasteiger partial charge is 0.280 e. The molecule has 0 radical (unpaired) electrons. The van der Waals surface area contributed by atoms with Gasteiger partial charge in [0.2, 0.25) is 0 Å². The number of aryl methyl sites for hydroxylation is 3. The van der Waals surface area contributed by atoms with Gasteiger partial charge in [0.25, 0.3) is 10.0 Å². The lowest BCUT2D eigenvalue weighted by atomic mass is 10.1. The van der Waals surface area contributed by atoms with E-state index in [0.717, 1.165) is 37.0 Å². The van der Waals surface area contributed by atoms with Gasteiger partial charge in [-0.25, -0.2) is 13.4 Å². The van der Waals surface area contributed by atoms with Gasteiger partial charge < -0.3 is 0 Å². The predicted octanol–water partition coefficient (Wildman–Crippen LogP) is 5.13. The summed E-state index contributed by atoms with van der Waals surface area (Å²) >= 11 is 3.27. The molecule has 0 fully saturated rings. The summed E-state index contributed by atoms with van der Waals surface area (Å²) in [7, 11) is -3.63. The van der Waals surface area contributed by atoms with Crippen molar-refractivity contribution in [1.29, 1.82) is 0 Å². The van der Waals surface area contributed by atoms with E-state index in [9.17, 15) is 8.42 Å². The summed E-state index contributed by atoms with van der Waals surface area (Å²) in [6, 6.07) is 9.10. The molecule has 0 aliphatic rings. The Morgan fingerprint density at radius 1 is 1.08 bits per heavy atom. The Morgan fingerprint density at radius 2 is 1.80 bits per heavy atom. The van der Waals surface area contributed by atoms with Gasteiger partial charge in [-0.05, 0) is 67.5 Å². The van der Waals surface area contributed by atoms with Crippen molar-refractivity contribution in [2.75, 3.05) is 10.5 Å². The van der Waals surface area contributed by atoms with Crippen molar-refractivity contribution in [2.24, 2.45) is 0 Å². The lowest BCUT2D eigenvalue weighted by Crippen LogP contribution is -2.14. The molecule has 0 aliphatic carbocycles. The van der Waals surface area contributed by atoms with Gasteiger partial charge in [0.05, 0.1) is 20.8 Å². The molecule has 1 heterocycles. The molecule has 3 rings (SSSR count). The Bertz CT molecular complexity index is 1040. The second kappa shape index (κ2) is 6.97. The average molecular weight is 393 g/mol. The first-order chi connectivity index (χ1) is 11.8. The van der Waals surface area contributed by atoms with E-state index in [1.807, 2.05) is 39.0 Å². The van der Waals surface area contributed by atoms with Crippen LogP contribution in [0.15, 0.2) is 39.6 Å². The Hall–Kier alpha value is -1.57. The maximum Gasteiger partial charge on any atom is 0.262 e. The molecule has 0 unspecified atom stereocenters. The molecule has 2 aromatic carbocycles. The molecule has 1 N–H and O–H groups in total. The fourth-order valence-electron chi connectivity index (χ4n) is 2.59. The highest BCUT2D eigenvalue weighted by Crippen LogP contribution is 2.32. The quantitative estimate of drug-likeness (QED) is 0.611. The van der Waals surface area contributed by atoms with Gasteiger partial charge in [-0.1, -0.05) is 24.8 Å². The summed E-state index contributed by atoms with van der Waals surface area (Å²) < 4.78 is 30.3. The molecule has 0 amide bonds. The van der Waals surface area contributed by atoms with Crippen molar-refractivity contribution in [3.05, 3.63) is 47.0 Å². The smallest absolute Gasteiger partial charge is 0.262 e. The fraction of sp³-hybridized carbons (Fsp3) is 0.278. The van der Waals surface area contributed by atoms with Crippen LogP contribution in [0, 0.1) is 20.8 Å². The maximum absolute atomic E-state index is 12.8. The predicted molar refractivity (Wildman–Crippen MR) is 107 cm³/mol. The Labute approximate surface area is 156 Å². The molecule has 25 heavy (non-hydrogen) atoms. The third kappa shape index (κ3) is 3.83. The molecule has 7 heteroatoms. The van der Waals surface area contributed by atoms with E-state index in [1.54, 1.807) is 35.2 Å². The molecular formula is C18H20N2O2S3. The first-order valence-corrected chi connectivity index (χ1v) is 11.2. The molecule has 1 aromatic heterocycles.